The lowest BCUT2D eigenvalue weighted by Gasteiger charge is -2.19. The van der Waals surface area contributed by atoms with Crippen molar-refractivity contribution in [3.8, 4) is 0 Å². The van der Waals surface area contributed by atoms with E-state index in [1.165, 1.54) is 16.3 Å². The second kappa shape index (κ2) is 5.88. The van der Waals surface area contributed by atoms with Crippen LogP contribution >= 0.6 is 11.6 Å². The molecule has 0 fully saturated rings. The normalized spacial score (nSPS) is 12.7. The number of nitrogens with zero attached hydrogens (tertiary/aromatic N) is 2. The van der Waals surface area contributed by atoms with Crippen LogP contribution in [0, 0.1) is 6.92 Å². The summed E-state index contributed by atoms with van der Waals surface area (Å²) in [4.78, 5) is 0. The first-order valence-corrected chi connectivity index (χ1v) is 7.41. The molecule has 0 aliphatic rings. The van der Waals surface area contributed by atoms with Crippen LogP contribution in [0.3, 0.4) is 0 Å². The van der Waals surface area contributed by atoms with Gasteiger partial charge in [0.25, 0.3) is 0 Å². The lowest BCUT2D eigenvalue weighted by atomic mass is 9.99. The van der Waals surface area contributed by atoms with E-state index in [0.29, 0.717) is 5.02 Å². The molecule has 0 radical (unpaired) electrons. The third kappa shape index (κ3) is 2.67. The average molecular weight is 300 g/mol. The van der Waals surface area contributed by atoms with Crippen molar-refractivity contribution >= 4 is 22.4 Å². The third-order valence-corrected chi connectivity index (χ3v) is 4.32. The Bertz CT molecular complexity index is 758. The molecule has 3 rings (SSSR count). The second-order valence-corrected chi connectivity index (χ2v) is 5.58. The summed E-state index contributed by atoms with van der Waals surface area (Å²) in [5.41, 5.74) is 2.28. The zero-order chi connectivity index (χ0) is 14.8. The fourth-order valence-corrected chi connectivity index (χ4v) is 2.82. The molecule has 3 nitrogen and oxygen atoms in total. The highest BCUT2D eigenvalue weighted by Gasteiger charge is 2.15. The highest BCUT2D eigenvalue weighted by molar-refractivity contribution is 6.31. The Morgan fingerprint density at radius 3 is 2.67 bits per heavy atom. The first kappa shape index (κ1) is 14.1. The Balaban J connectivity index is 2.00. The lowest BCUT2D eigenvalue weighted by Crippen LogP contribution is -2.23. The van der Waals surface area contributed by atoms with Crippen LogP contribution in [0.5, 0.6) is 0 Å². The fraction of sp³-hybridized carbons (Fsp3) is 0.235. The zero-order valence-electron chi connectivity index (χ0n) is 12.2. The van der Waals surface area contributed by atoms with Crippen molar-refractivity contribution in [3.63, 3.8) is 0 Å². The molecule has 21 heavy (non-hydrogen) atoms. The number of aromatic nitrogens is 2. The van der Waals surface area contributed by atoms with Gasteiger partial charge in [0.15, 0.2) is 0 Å². The molecule has 1 N–H and O–H groups in total. The lowest BCUT2D eigenvalue weighted by molar-refractivity contribution is 0.463. The summed E-state index contributed by atoms with van der Waals surface area (Å²) >= 11 is 6.09. The summed E-state index contributed by atoms with van der Waals surface area (Å²) < 4.78 is 1.95. The highest BCUT2D eigenvalue weighted by Crippen LogP contribution is 2.26. The molecule has 2 aromatic carbocycles. The van der Waals surface area contributed by atoms with Crippen LogP contribution in [0.2, 0.25) is 5.02 Å². The van der Waals surface area contributed by atoms with Crippen LogP contribution in [-0.4, -0.2) is 16.8 Å². The summed E-state index contributed by atoms with van der Waals surface area (Å²) in [5.74, 6) is 0. The summed E-state index contributed by atoms with van der Waals surface area (Å²) in [6, 6.07) is 15.0. The Morgan fingerprint density at radius 2 is 1.95 bits per heavy atom. The minimum atomic E-state index is 0.186. The van der Waals surface area contributed by atoms with Gasteiger partial charge in [0, 0.05) is 0 Å². The number of hydrogen-bond acceptors (Lipinski definition) is 2. The van der Waals surface area contributed by atoms with Crippen LogP contribution in [-0.2, 0) is 6.54 Å². The Hall–Kier alpha value is -1.84. The number of likely N-dealkylation sites (N-methyl/N-ethyl adjacent to an activating group) is 1. The van der Waals surface area contributed by atoms with Crippen molar-refractivity contribution in [3.05, 3.63) is 64.9 Å². The molecule has 3 aromatic rings. The number of nitrogens with one attached hydrogen (secondary N) is 1. The quantitative estimate of drug-likeness (QED) is 0.790. The molecule has 1 aromatic heterocycles. The van der Waals surface area contributed by atoms with E-state index in [1.807, 2.05) is 18.7 Å². The second-order valence-electron chi connectivity index (χ2n) is 5.17. The van der Waals surface area contributed by atoms with Crippen molar-refractivity contribution < 1.29 is 0 Å². The largest absolute Gasteiger partial charge is 0.311 e. The van der Waals surface area contributed by atoms with Crippen molar-refractivity contribution in [2.24, 2.45) is 0 Å². The maximum atomic E-state index is 6.09. The van der Waals surface area contributed by atoms with E-state index in [9.17, 15) is 0 Å². The number of fused-ring (bicyclic) bond motifs is 1. The van der Waals surface area contributed by atoms with E-state index >= 15 is 0 Å². The number of halogens is 1. The van der Waals surface area contributed by atoms with E-state index in [1.54, 1.807) is 6.20 Å². The summed E-state index contributed by atoms with van der Waals surface area (Å²) in [6.45, 7) is 2.74. The van der Waals surface area contributed by atoms with Gasteiger partial charge in [-0.15, -0.1) is 0 Å². The molecule has 0 saturated heterocycles. The average Bonchev–Trinajstić information content (AvgIpc) is 2.84. The minimum Gasteiger partial charge on any atom is -0.311 e. The molecule has 4 heteroatoms. The Kier molecular flexibility index (Phi) is 3.95. The minimum absolute atomic E-state index is 0.186. The summed E-state index contributed by atoms with van der Waals surface area (Å²) in [7, 11) is 1.98. The molecule has 0 aliphatic carbocycles. The van der Waals surface area contributed by atoms with Gasteiger partial charge in [0.05, 0.1) is 29.5 Å². The molecule has 1 heterocycles. The predicted octanol–water partition coefficient (Wildman–Crippen LogP) is 3.96. The smallest absolute Gasteiger partial charge is 0.0814 e. The van der Waals surface area contributed by atoms with Gasteiger partial charge < -0.3 is 5.32 Å². The van der Waals surface area contributed by atoms with Gasteiger partial charge in [-0.3, -0.25) is 4.68 Å². The fourth-order valence-electron chi connectivity index (χ4n) is 2.68. The van der Waals surface area contributed by atoms with E-state index in [4.69, 9.17) is 11.6 Å². The van der Waals surface area contributed by atoms with Crippen LogP contribution in [0.4, 0.5) is 0 Å². The van der Waals surface area contributed by atoms with Gasteiger partial charge in [-0.1, -0.05) is 54.1 Å². The summed E-state index contributed by atoms with van der Waals surface area (Å²) in [5, 5.41) is 11.0. The molecule has 0 bridgehead atoms. The SMILES string of the molecule is CNC(Cn1ncc(Cl)c1C)c1cccc2ccccc12. The monoisotopic (exact) mass is 299 g/mol. The van der Waals surface area contributed by atoms with Gasteiger partial charge in [0.1, 0.15) is 0 Å². The molecule has 0 aliphatic heterocycles. The van der Waals surface area contributed by atoms with Gasteiger partial charge in [-0.05, 0) is 30.3 Å². The standard InChI is InChI=1S/C17H18ClN3/c1-12-16(18)10-20-21(12)11-17(19-2)15-9-5-7-13-6-3-4-8-14(13)15/h3-10,17,19H,11H2,1-2H3. The molecule has 0 spiro atoms. The van der Waals surface area contributed by atoms with Crippen LogP contribution in [0.15, 0.2) is 48.7 Å². The molecule has 108 valence electrons. The maximum Gasteiger partial charge on any atom is 0.0814 e. The first-order chi connectivity index (χ1) is 10.2. The molecule has 1 unspecified atom stereocenters. The first-order valence-electron chi connectivity index (χ1n) is 7.03. The highest BCUT2D eigenvalue weighted by atomic mass is 35.5. The van der Waals surface area contributed by atoms with E-state index in [0.717, 1.165) is 12.2 Å². The Morgan fingerprint density at radius 1 is 1.19 bits per heavy atom. The predicted molar refractivity (Wildman–Crippen MR) is 87.7 cm³/mol. The van der Waals surface area contributed by atoms with Gasteiger partial charge in [-0.25, -0.2) is 0 Å². The van der Waals surface area contributed by atoms with Crippen LogP contribution in [0.1, 0.15) is 17.3 Å². The van der Waals surface area contributed by atoms with Crippen molar-refractivity contribution in [2.75, 3.05) is 7.05 Å². The van der Waals surface area contributed by atoms with E-state index in [-0.39, 0.29) is 6.04 Å². The van der Waals surface area contributed by atoms with Crippen molar-refractivity contribution in [1.82, 2.24) is 15.1 Å². The summed E-state index contributed by atoms with van der Waals surface area (Å²) in [6.07, 6.45) is 1.70. The van der Waals surface area contributed by atoms with Gasteiger partial charge >= 0.3 is 0 Å². The van der Waals surface area contributed by atoms with Crippen molar-refractivity contribution in [1.29, 1.82) is 0 Å². The molecular formula is C17H18ClN3. The van der Waals surface area contributed by atoms with E-state index < -0.39 is 0 Å². The number of benzene rings is 2. The number of rotatable bonds is 4. The van der Waals surface area contributed by atoms with Crippen LogP contribution in [0.25, 0.3) is 10.8 Å². The van der Waals surface area contributed by atoms with Gasteiger partial charge in [-0.2, -0.15) is 5.10 Å². The Labute approximate surface area is 129 Å². The number of hydrogen-bond donors (Lipinski definition) is 1. The topological polar surface area (TPSA) is 29.9 Å². The van der Waals surface area contributed by atoms with Crippen LogP contribution < -0.4 is 5.32 Å². The molecule has 0 amide bonds. The van der Waals surface area contributed by atoms with Gasteiger partial charge in [0.2, 0.25) is 0 Å². The third-order valence-electron chi connectivity index (χ3n) is 3.95. The molecular weight excluding hydrogens is 282 g/mol. The molecule has 1 atom stereocenters. The maximum absolute atomic E-state index is 6.09. The zero-order valence-corrected chi connectivity index (χ0v) is 12.9. The van der Waals surface area contributed by atoms with Crippen molar-refractivity contribution in [2.45, 2.75) is 19.5 Å². The van der Waals surface area contributed by atoms with E-state index in [2.05, 4.69) is 52.9 Å². The molecule has 0 saturated carbocycles.